The molecule has 1 atom stereocenters. The number of carbonyl (C=O) groups is 3. The Kier molecular flexibility index (Phi) is 9.46. The molecular formula is C25H37N3O5. The molecule has 0 aromatic heterocycles. The number of anilines is 1. The molecule has 0 saturated carbocycles. The fraction of sp³-hybridized carbons (Fsp3) is 0.560. The second-order valence-electron chi connectivity index (χ2n) is 9.43. The highest BCUT2D eigenvalue weighted by atomic mass is 16.6. The van der Waals surface area contributed by atoms with Crippen molar-refractivity contribution in [3.05, 3.63) is 41.1 Å². The van der Waals surface area contributed by atoms with Crippen molar-refractivity contribution in [2.45, 2.75) is 59.9 Å². The van der Waals surface area contributed by atoms with Crippen LogP contribution in [-0.4, -0.2) is 49.7 Å². The van der Waals surface area contributed by atoms with E-state index in [1.54, 1.807) is 30.0 Å². The van der Waals surface area contributed by atoms with Crippen LogP contribution in [0.5, 0.6) is 0 Å². The minimum atomic E-state index is -0.690. The normalized spacial score (nSPS) is 16.5. The Balaban J connectivity index is 2.37. The van der Waals surface area contributed by atoms with E-state index >= 15 is 0 Å². The first kappa shape index (κ1) is 26.4. The molecule has 0 spiro atoms. The van der Waals surface area contributed by atoms with Crippen LogP contribution in [0.25, 0.3) is 0 Å². The van der Waals surface area contributed by atoms with Gasteiger partial charge in [-0.2, -0.15) is 0 Å². The van der Waals surface area contributed by atoms with Gasteiger partial charge < -0.3 is 20.1 Å². The molecule has 0 aliphatic carbocycles. The van der Waals surface area contributed by atoms with Gasteiger partial charge in [0, 0.05) is 31.5 Å². The SMILES string of the molecule is CCCCN1C(=O)NC(c2cccc(NC(=O)CC(C)(C)C)c2)C(C(=O)OCCOC)=C1C. The summed E-state index contributed by atoms with van der Waals surface area (Å²) < 4.78 is 10.4. The standard InChI is InChI=1S/C25H37N3O5/c1-7-8-12-28-17(2)21(23(30)33-14-13-32-6)22(27-24(28)31)18-10-9-11-19(15-18)26-20(29)16-25(3,4)5/h9-11,15,22H,7-8,12-14,16H2,1-6H3,(H,26,29)(H,27,31). The highest BCUT2D eigenvalue weighted by Crippen LogP contribution is 2.32. The monoisotopic (exact) mass is 459 g/mol. The summed E-state index contributed by atoms with van der Waals surface area (Å²) in [5.41, 5.74) is 2.10. The lowest BCUT2D eigenvalue weighted by Crippen LogP contribution is -2.48. The molecule has 3 amide bonds. The molecule has 8 nitrogen and oxygen atoms in total. The van der Waals surface area contributed by atoms with E-state index in [2.05, 4.69) is 10.6 Å². The van der Waals surface area contributed by atoms with Gasteiger partial charge in [-0.15, -0.1) is 0 Å². The van der Waals surface area contributed by atoms with Crippen molar-refractivity contribution in [1.29, 1.82) is 0 Å². The van der Waals surface area contributed by atoms with E-state index in [1.807, 2.05) is 33.8 Å². The number of esters is 1. The maximum atomic E-state index is 13.0. The van der Waals surface area contributed by atoms with Crippen LogP contribution in [0.3, 0.4) is 0 Å². The van der Waals surface area contributed by atoms with Crippen LogP contribution >= 0.6 is 0 Å². The zero-order valence-electron chi connectivity index (χ0n) is 20.6. The lowest BCUT2D eigenvalue weighted by Gasteiger charge is -2.35. The van der Waals surface area contributed by atoms with Gasteiger partial charge in [0.25, 0.3) is 0 Å². The molecule has 1 aliphatic rings. The number of hydrogen-bond acceptors (Lipinski definition) is 5. The van der Waals surface area contributed by atoms with Gasteiger partial charge in [0.2, 0.25) is 5.91 Å². The molecule has 33 heavy (non-hydrogen) atoms. The van der Waals surface area contributed by atoms with Gasteiger partial charge in [0.1, 0.15) is 6.61 Å². The number of amides is 3. The molecule has 0 bridgehead atoms. The molecule has 0 saturated heterocycles. The average molecular weight is 460 g/mol. The molecule has 182 valence electrons. The summed E-state index contributed by atoms with van der Waals surface area (Å²) in [6, 6.07) is 6.23. The lowest BCUT2D eigenvalue weighted by molar-refractivity contribution is -0.141. The first-order chi connectivity index (χ1) is 15.6. The Morgan fingerprint density at radius 1 is 1.21 bits per heavy atom. The molecule has 0 fully saturated rings. The number of rotatable bonds is 10. The minimum Gasteiger partial charge on any atom is -0.460 e. The summed E-state index contributed by atoms with van der Waals surface area (Å²) in [7, 11) is 1.54. The van der Waals surface area contributed by atoms with Gasteiger partial charge in [-0.1, -0.05) is 46.2 Å². The summed E-state index contributed by atoms with van der Waals surface area (Å²) >= 11 is 0. The Bertz CT molecular complexity index is 888. The average Bonchev–Trinajstić information content (AvgIpc) is 2.72. The first-order valence-corrected chi connectivity index (χ1v) is 11.4. The van der Waals surface area contributed by atoms with E-state index in [9.17, 15) is 14.4 Å². The summed E-state index contributed by atoms with van der Waals surface area (Å²) in [6.45, 7) is 10.7. The number of nitrogens with zero attached hydrogens (tertiary/aromatic N) is 1. The van der Waals surface area contributed by atoms with Crippen molar-refractivity contribution in [3.8, 4) is 0 Å². The van der Waals surface area contributed by atoms with Crippen LogP contribution in [0.2, 0.25) is 0 Å². The molecule has 2 N–H and O–H groups in total. The highest BCUT2D eigenvalue weighted by Gasteiger charge is 2.36. The van der Waals surface area contributed by atoms with Gasteiger partial charge in [-0.05, 0) is 36.5 Å². The van der Waals surface area contributed by atoms with E-state index in [0.717, 1.165) is 12.8 Å². The Hall–Kier alpha value is -2.87. The van der Waals surface area contributed by atoms with Gasteiger partial charge in [0.05, 0.1) is 18.2 Å². The Morgan fingerprint density at radius 2 is 1.94 bits per heavy atom. The third kappa shape index (κ3) is 7.60. The number of ether oxygens (including phenoxy) is 2. The number of nitrogens with one attached hydrogen (secondary N) is 2. The maximum Gasteiger partial charge on any atom is 0.338 e. The molecule has 1 unspecified atom stereocenters. The minimum absolute atomic E-state index is 0.0935. The second-order valence-corrected chi connectivity index (χ2v) is 9.43. The van der Waals surface area contributed by atoms with Gasteiger partial charge in [-0.25, -0.2) is 9.59 Å². The van der Waals surface area contributed by atoms with Gasteiger partial charge in [-0.3, -0.25) is 9.69 Å². The van der Waals surface area contributed by atoms with Crippen LogP contribution in [0, 0.1) is 5.41 Å². The van der Waals surface area contributed by atoms with Crippen molar-refractivity contribution in [2.24, 2.45) is 5.41 Å². The van der Waals surface area contributed by atoms with Crippen molar-refractivity contribution in [1.82, 2.24) is 10.2 Å². The summed E-state index contributed by atoms with van der Waals surface area (Å²) in [6.07, 6.45) is 2.11. The number of benzene rings is 1. The summed E-state index contributed by atoms with van der Waals surface area (Å²) in [5.74, 6) is -0.595. The first-order valence-electron chi connectivity index (χ1n) is 11.4. The molecule has 2 rings (SSSR count). The third-order valence-corrected chi connectivity index (χ3v) is 5.27. The zero-order valence-corrected chi connectivity index (χ0v) is 20.6. The molecule has 1 aliphatic heterocycles. The molecular weight excluding hydrogens is 422 g/mol. The number of urea groups is 1. The predicted molar refractivity (Wildman–Crippen MR) is 128 cm³/mol. The lowest BCUT2D eigenvalue weighted by atomic mass is 9.92. The third-order valence-electron chi connectivity index (χ3n) is 5.27. The quantitative estimate of drug-likeness (QED) is 0.399. The smallest absolute Gasteiger partial charge is 0.338 e. The number of methoxy groups -OCH3 is 1. The molecule has 1 aromatic rings. The summed E-state index contributed by atoms with van der Waals surface area (Å²) in [4.78, 5) is 39.9. The predicted octanol–water partition coefficient (Wildman–Crippen LogP) is 4.39. The number of allylic oxidation sites excluding steroid dienone is 1. The molecule has 1 aromatic carbocycles. The van der Waals surface area contributed by atoms with Crippen molar-refractivity contribution >= 4 is 23.6 Å². The second kappa shape index (κ2) is 11.8. The van der Waals surface area contributed by atoms with E-state index in [-0.39, 0.29) is 30.6 Å². The van der Waals surface area contributed by atoms with Gasteiger partial charge in [0.15, 0.2) is 0 Å². The Morgan fingerprint density at radius 3 is 2.58 bits per heavy atom. The van der Waals surface area contributed by atoms with Crippen LogP contribution in [0.1, 0.15) is 65.5 Å². The fourth-order valence-corrected chi connectivity index (χ4v) is 3.66. The molecule has 0 radical (unpaired) electrons. The van der Waals surface area contributed by atoms with Crippen LogP contribution in [-0.2, 0) is 19.1 Å². The highest BCUT2D eigenvalue weighted by molar-refractivity contribution is 5.95. The summed E-state index contributed by atoms with van der Waals surface area (Å²) in [5, 5.41) is 5.86. The van der Waals surface area contributed by atoms with Crippen molar-refractivity contribution in [2.75, 3.05) is 32.2 Å². The molecule has 8 heteroatoms. The number of hydrogen-bond donors (Lipinski definition) is 2. The fourth-order valence-electron chi connectivity index (χ4n) is 3.66. The topological polar surface area (TPSA) is 97.0 Å². The number of carbonyl (C=O) groups excluding carboxylic acids is 3. The van der Waals surface area contributed by atoms with Crippen molar-refractivity contribution < 1.29 is 23.9 Å². The zero-order chi connectivity index (χ0) is 24.6. The van der Waals surface area contributed by atoms with Crippen LogP contribution in [0.15, 0.2) is 35.5 Å². The van der Waals surface area contributed by atoms with E-state index < -0.39 is 12.0 Å². The van der Waals surface area contributed by atoms with E-state index in [0.29, 0.717) is 35.5 Å². The van der Waals surface area contributed by atoms with E-state index in [4.69, 9.17) is 9.47 Å². The Labute approximate surface area is 196 Å². The van der Waals surface area contributed by atoms with Gasteiger partial charge >= 0.3 is 12.0 Å². The largest absolute Gasteiger partial charge is 0.460 e. The van der Waals surface area contributed by atoms with Crippen molar-refractivity contribution in [3.63, 3.8) is 0 Å². The molecule has 1 heterocycles. The van der Waals surface area contributed by atoms with Crippen LogP contribution in [0.4, 0.5) is 10.5 Å². The number of unbranched alkanes of at least 4 members (excludes halogenated alkanes) is 1. The van der Waals surface area contributed by atoms with E-state index in [1.165, 1.54) is 7.11 Å². The maximum absolute atomic E-state index is 13.0. The van der Waals surface area contributed by atoms with Crippen LogP contribution < -0.4 is 10.6 Å².